The number of carbonyl (C=O) groups excluding carboxylic acids is 1. The van der Waals surface area contributed by atoms with Crippen LogP contribution in [0, 0.1) is 0 Å². The summed E-state index contributed by atoms with van der Waals surface area (Å²) < 4.78 is 5.17. The van der Waals surface area contributed by atoms with Crippen molar-refractivity contribution in [3.63, 3.8) is 0 Å². The van der Waals surface area contributed by atoms with Gasteiger partial charge in [-0.1, -0.05) is 36.4 Å². The number of rotatable bonds is 2. The zero-order valence-corrected chi connectivity index (χ0v) is 9.46. The van der Waals surface area contributed by atoms with Gasteiger partial charge in [-0.2, -0.15) is 0 Å². The third-order valence-corrected chi connectivity index (χ3v) is 2.68. The maximum Gasteiger partial charge on any atom is 0.345 e. The quantitative estimate of drug-likeness (QED) is 0.698. The number of benzene rings is 2. The lowest BCUT2D eigenvalue weighted by Crippen LogP contribution is -2.09. The van der Waals surface area contributed by atoms with Gasteiger partial charge in [0.2, 0.25) is 5.88 Å². The van der Waals surface area contributed by atoms with Gasteiger partial charge < -0.3 is 4.74 Å². The summed E-state index contributed by atoms with van der Waals surface area (Å²) in [5.74, 6) is -0.133. The molecule has 0 radical (unpaired) electrons. The average molecular weight is 238 g/mol. The standard InChI is InChI=1S/C14H10N2O2/c17-14(18-13-8-9-15-16-13)12-7-3-5-10-4-1-2-6-11(10)12/h1-9H,(H,15,16). The topological polar surface area (TPSA) is 55.0 Å². The van der Waals surface area contributed by atoms with Crippen LogP contribution in [-0.4, -0.2) is 16.2 Å². The van der Waals surface area contributed by atoms with Gasteiger partial charge in [0.05, 0.1) is 5.56 Å². The number of esters is 1. The van der Waals surface area contributed by atoms with E-state index in [2.05, 4.69) is 10.2 Å². The van der Waals surface area contributed by atoms with Crippen molar-refractivity contribution in [2.75, 3.05) is 0 Å². The molecule has 3 aromatic rings. The highest BCUT2D eigenvalue weighted by Gasteiger charge is 2.12. The van der Waals surface area contributed by atoms with Gasteiger partial charge in [0.1, 0.15) is 0 Å². The largest absolute Gasteiger partial charge is 0.402 e. The molecular formula is C14H10N2O2. The smallest absolute Gasteiger partial charge is 0.345 e. The van der Waals surface area contributed by atoms with Gasteiger partial charge >= 0.3 is 5.97 Å². The van der Waals surface area contributed by atoms with Crippen LogP contribution in [0.3, 0.4) is 0 Å². The Hall–Kier alpha value is -2.62. The fourth-order valence-corrected chi connectivity index (χ4v) is 1.86. The molecule has 18 heavy (non-hydrogen) atoms. The summed E-state index contributed by atoms with van der Waals surface area (Å²) in [6, 6.07) is 14.8. The molecule has 0 bridgehead atoms. The lowest BCUT2D eigenvalue weighted by atomic mass is 10.1. The summed E-state index contributed by atoms with van der Waals surface area (Å²) in [5, 5.41) is 8.27. The SMILES string of the molecule is O=C(Oc1cc[nH]n1)c1cccc2ccccc12. The zero-order chi connectivity index (χ0) is 12.4. The number of nitrogens with zero attached hydrogens (tertiary/aromatic N) is 1. The van der Waals surface area contributed by atoms with E-state index in [1.54, 1.807) is 18.3 Å². The maximum absolute atomic E-state index is 12.0. The van der Waals surface area contributed by atoms with E-state index in [-0.39, 0.29) is 5.88 Å². The predicted octanol–water partition coefficient (Wildman–Crippen LogP) is 2.78. The Labute approximate surface area is 103 Å². The van der Waals surface area contributed by atoms with Gasteiger partial charge in [-0.3, -0.25) is 5.10 Å². The molecule has 0 unspecified atom stereocenters. The maximum atomic E-state index is 12.0. The number of fused-ring (bicyclic) bond motifs is 1. The molecular weight excluding hydrogens is 228 g/mol. The lowest BCUT2D eigenvalue weighted by molar-refractivity contribution is 0.0729. The van der Waals surface area contributed by atoms with Crippen LogP contribution in [0.25, 0.3) is 10.8 Å². The molecule has 4 nitrogen and oxygen atoms in total. The van der Waals surface area contributed by atoms with Crippen LogP contribution in [0.1, 0.15) is 10.4 Å². The second kappa shape index (κ2) is 4.33. The Morgan fingerprint density at radius 2 is 1.89 bits per heavy atom. The summed E-state index contributed by atoms with van der Waals surface area (Å²) in [4.78, 5) is 12.0. The van der Waals surface area contributed by atoms with E-state index in [0.29, 0.717) is 5.56 Å². The first-order valence-corrected chi connectivity index (χ1v) is 5.54. The lowest BCUT2D eigenvalue weighted by Gasteiger charge is -2.04. The summed E-state index contributed by atoms with van der Waals surface area (Å²) in [5.41, 5.74) is 0.538. The summed E-state index contributed by atoms with van der Waals surface area (Å²) >= 11 is 0. The highest BCUT2D eigenvalue weighted by atomic mass is 16.5. The minimum atomic E-state index is -0.404. The number of nitrogens with one attached hydrogen (secondary N) is 1. The molecule has 1 aromatic heterocycles. The molecule has 0 aliphatic heterocycles. The van der Waals surface area contributed by atoms with Gasteiger partial charge in [-0.15, -0.1) is 5.10 Å². The van der Waals surface area contributed by atoms with Crippen molar-refractivity contribution in [2.45, 2.75) is 0 Å². The number of aromatic nitrogens is 2. The predicted molar refractivity (Wildman–Crippen MR) is 67.5 cm³/mol. The zero-order valence-electron chi connectivity index (χ0n) is 9.46. The van der Waals surface area contributed by atoms with Crippen molar-refractivity contribution in [1.29, 1.82) is 0 Å². The van der Waals surface area contributed by atoms with Gasteiger partial charge in [-0.05, 0) is 16.8 Å². The molecule has 1 N–H and O–H groups in total. The van der Waals surface area contributed by atoms with Crippen LogP contribution in [0.2, 0.25) is 0 Å². The van der Waals surface area contributed by atoms with Gasteiger partial charge in [0.25, 0.3) is 0 Å². The number of ether oxygens (including phenoxy) is 1. The highest BCUT2D eigenvalue weighted by molar-refractivity contribution is 6.05. The molecule has 3 rings (SSSR count). The molecule has 0 fully saturated rings. The molecule has 0 saturated heterocycles. The molecule has 2 aromatic carbocycles. The van der Waals surface area contributed by atoms with Crippen molar-refractivity contribution in [3.8, 4) is 5.88 Å². The summed E-state index contributed by atoms with van der Waals surface area (Å²) in [6.07, 6.45) is 1.60. The Morgan fingerprint density at radius 3 is 2.72 bits per heavy atom. The van der Waals surface area contributed by atoms with Crippen molar-refractivity contribution < 1.29 is 9.53 Å². The van der Waals surface area contributed by atoms with Gasteiger partial charge in [-0.25, -0.2) is 4.79 Å². The van der Waals surface area contributed by atoms with E-state index in [4.69, 9.17) is 4.74 Å². The molecule has 0 aliphatic rings. The first-order chi connectivity index (χ1) is 8.84. The van der Waals surface area contributed by atoms with E-state index in [1.165, 1.54) is 0 Å². The number of carbonyl (C=O) groups is 1. The highest BCUT2D eigenvalue weighted by Crippen LogP contribution is 2.19. The molecule has 0 saturated carbocycles. The first-order valence-electron chi connectivity index (χ1n) is 5.54. The second-order valence-electron chi connectivity index (χ2n) is 3.83. The second-order valence-corrected chi connectivity index (χ2v) is 3.83. The monoisotopic (exact) mass is 238 g/mol. The van der Waals surface area contributed by atoms with Crippen LogP contribution >= 0.6 is 0 Å². The number of aromatic amines is 1. The van der Waals surface area contributed by atoms with E-state index in [0.717, 1.165) is 10.8 Å². The average Bonchev–Trinajstić information content (AvgIpc) is 2.91. The fourth-order valence-electron chi connectivity index (χ4n) is 1.86. The van der Waals surface area contributed by atoms with Crippen LogP contribution < -0.4 is 4.74 Å². The molecule has 0 atom stereocenters. The Balaban J connectivity index is 2.01. The minimum absolute atomic E-state index is 0.271. The molecule has 0 amide bonds. The fraction of sp³-hybridized carbons (Fsp3) is 0. The Morgan fingerprint density at radius 1 is 1.06 bits per heavy atom. The molecule has 4 heteroatoms. The van der Waals surface area contributed by atoms with Crippen LogP contribution in [-0.2, 0) is 0 Å². The van der Waals surface area contributed by atoms with Crippen LogP contribution in [0.15, 0.2) is 54.7 Å². The van der Waals surface area contributed by atoms with Crippen LogP contribution in [0.5, 0.6) is 5.88 Å². The Bertz CT molecular complexity index is 685. The van der Waals surface area contributed by atoms with Crippen LogP contribution in [0.4, 0.5) is 0 Å². The molecule has 88 valence electrons. The van der Waals surface area contributed by atoms with Crippen molar-refractivity contribution in [2.24, 2.45) is 0 Å². The van der Waals surface area contributed by atoms with E-state index in [1.807, 2.05) is 36.4 Å². The molecule has 0 aliphatic carbocycles. The van der Waals surface area contributed by atoms with E-state index >= 15 is 0 Å². The first kappa shape index (κ1) is 10.5. The number of hydrogen-bond donors (Lipinski definition) is 1. The third kappa shape index (κ3) is 1.84. The summed E-state index contributed by atoms with van der Waals surface area (Å²) in [6.45, 7) is 0. The van der Waals surface area contributed by atoms with E-state index in [9.17, 15) is 4.79 Å². The molecule has 0 spiro atoms. The number of hydrogen-bond acceptors (Lipinski definition) is 3. The van der Waals surface area contributed by atoms with Crippen molar-refractivity contribution in [1.82, 2.24) is 10.2 Å². The molecule has 1 heterocycles. The number of H-pyrrole nitrogens is 1. The minimum Gasteiger partial charge on any atom is -0.402 e. The van der Waals surface area contributed by atoms with E-state index < -0.39 is 5.97 Å². The normalized spacial score (nSPS) is 10.4. The summed E-state index contributed by atoms with van der Waals surface area (Å²) in [7, 11) is 0. The Kier molecular flexibility index (Phi) is 2.53. The van der Waals surface area contributed by atoms with Gasteiger partial charge in [0, 0.05) is 12.3 Å². The van der Waals surface area contributed by atoms with Crippen molar-refractivity contribution in [3.05, 3.63) is 60.3 Å². The van der Waals surface area contributed by atoms with Crippen molar-refractivity contribution >= 4 is 16.7 Å². The third-order valence-electron chi connectivity index (χ3n) is 2.68. The van der Waals surface area contributed by atoms with Gasteiger partial charge in [0.15, 0.2) is 0 Å².